The van der Waals surface area contributed by atoms with E-state index < -0.39 is 0 Å². The zero-order chi connectivity index (χ0) is 5.70. The molecular weight excluding hydrogens is 117 g/mol. The molecule has 0 aliphatic heterocycles. The monoisotopic (exact) mass is 123 g/mol. The van der Waals surface area contributed by atoms with Crippen molar-refractivity contribution in [3.05, 3.63) is 0 Å². The van der Waals surface area contributed by atoms with Crippen LogP contribution in [0.3, 0.4) is 0 Å². The van der Waals surface area contributed by atoms with Crippen LogP contribution in [0, 0.1) is 0 Å². The van der Waals surface area contributed by atoms with Gasteiger partial charge in [-0.2, -0.15) is 0 Å². The third kappa shape index (κ3) is 3.55. The molecule has 0 aromatic rings. The summed E-state index contributed by atoms with van der Waals surface area (Å²) in [6.07, 6.45) is 0. The molecule has 0 saturated carbocycles. The van der Waals surface area contributed by atoms with Gasteiger partial charge in [-0.3, -0.25) is 0 Å². The smallest absolute Gasteiger partial charge is 0.170 e. The second-order valence-corrected chi connectivity index (χ2v) is 1.35. The fourth-order valence-corrected chi connectivity index (χ4v) is 0.257. The van der Waals surface area contributed by atoms with Gasteiger partial charge in [-0.1, -0.05) is 16.8 Å². The molecule has 0 aromatic heterocycles. The number of halogens is 1. The Morgan fingerprint density at radius 3 is 2.71 bits per heavy atom. The molecule has 1 N–H and O–H groups in total. The molecule has 0 unspecified atom stereocenters. The third-order valence-electron chi connectivity index (χ3n) is 0.372. The highest BCUT2D eigenvalue weighted by atomic mass is 35.5. The van der Waals surface area contributed by atoms with Gasteiger partial charge in [0.2, 0.25) is 0 Å². The Bertz CT molecular complexity index is 73.3. The summed E-state index contributed by atoms with van der Waals surface area (Å²) >= 11 is 5.14. The van der Waals surface area contributed by atoms with Crippen molar-refractivity contribution in [2.24, 2.45) is 5.16 Å². The lowest BCUT2D eigenvalue weighted by molar-refractivity contribution is 0.240. The molecule has 42 valence electrons. The maximum atomic E-state index is 7.84. The van der Waals surface area contributed by atoms with E-state index in [4.69, 9.17) is 16.8 Å². The Morgan fingerprint density at radius 1 is 2.00 bits per heavy atom. The molecule has 0 spiro atoms. The standard InChI is InChI=1S/C3H6ClNO2/c1-7-2-3(4)5-6/h6H,2H2,1H3/b5-3-. The molecule has 0 rings (SSSR count). The Labute approximate surface area is 46.5 Å². The van der Waals surface area contributed by atoms with Crippen molar-refractivity contribution in [1.29, 1.82) is 0 Å². The van der Waals surface area contributed by atoms with Gasteiger partial charge in [0.1, 0.15) is 6.61 Å². The minimum Gasteiger partial charge on any atom is -0.410 e. The Balaban J connectivity index is 3.17. The lowest BCUT2D eigenvalue weighted by Crippen LogP contribution is -1.97. The maximum Gasteiger partial charge on any atom is 0.170 e. The van der Waals surface area contributed by atoms with E-state index in [9.17, 15) is 0 Å². The van der Waals surface area contributed by atoms with Crippen molar-refractivity contribution >= 4 is 16.8 Å². The Morgan fingerprint density at radius 2 is 2.57 bits per heavy atom. The zero-order valence-electron chi connectivity index (χ0n) is 3.89. The number of rotatable bonds is 2. The number of methoxy groups -OCH3 is 1. The number of ether oxygens (including phenoxy) is 1. The fraction of sp³-hybridized carbons (Fsp3) is 0.667. The average molecular weight is 124 g/mol. The van der Waals surface area contributed by atoms with Crippen molar-refractivity contribution in [1.82, 2.24) is 0 Å². The summed E-state index contributed by atoms with van der Waals surface area (Å²) in [5.74, 6) is 0. The first-order chi connectivity index (χ1) is 3.31. The second-order valence-electron chi connectivity index (χ2n) is 0.909. The van der Waals surface area contributed by atoms with Crippen molar-refractivity contribution in [3.63, 3.8) is 0 Å². The van der Waals surface area contributed by atoms with Gasteiger partial charge in [0.05, 0.1) is 0 Å². The zero-order valence-corrected chi connectivity index (χ0v) is 4.64. The van der Waals surface area contributed by atoms with Crippen LogP contribution < -0.4 is 0 Å². The summed E-state index contributed by atoms with van der Waals surface area (Å²) in [6, 6.07) is 0. The van der Waals surface area contributed by atoms with Crippen LogP contribution in [-0.4, -0.2) is 24.1 Å². The van der Waals surface area contributed by atoms with E-state index in [-0.39, 0.29) is 11.8 Å². The van der Waals surface area contributed by atoms with Crippen molar-refractivity contribution in [2.75, 3.05) is 13.7 Å². The van der Waals surface area contributed by atoms with E-state index in [1.807, 2.05) is 0 Å². The van der Waals surface area contributed by atoms with Gasteiger partial charge in [-0.05, 0) is 0 Å². The molecule has 0 aliphatic carbocycles. The van der Waals surface area contributed by atoms with Gasteiger partial charge in [-0.25, -0.2) is 0 Å². The molecule has 0 radical (unpaired) electrons. The van der Waals surface area contributed by atoms with Gasteiger partial charge in [0.15, 0.2) is 5.17 Å². The summed E-state index contributed by atoms with van der Waals surface area (Å²) in [6.45, 7) is 0.165. The molecular formula is C3H6ClNO2. The SMILES string of the molecule is COC/C(Cl)=N/O. The second kappa shape index (κ2) is 3.89. The van der Waals surface area contributed by atoms with Crippen LogP contribution in [0.15, 0.2) is 5.16 Å². The molecule has 3 nitrogen and oxygen atoms in total. The largest absolute Gasteiger partial charge is 0.410 e. The van der Waals surface area contributed by atoms with Crippen LogP contribution >= 0.6 is 11.6 Å². The summed E-state index contributed by atoms with van der Waals surface area (Å²) < 4.78 is 4.47. The van der Waals surface area contributed by atoms with Crippen LogP contribution in [0.5, 0.6) is 0 Å². The summed E-state index contributed by atoms with van der Waals surface area (Å²) in [5.41, 5.74) is 0. The fourth-order valence-electron chi connectivity index (χ4n) is 0.148. The van der Waals surface area contributed by atoms with Crippen LogP contribution in [0.2, 0.25) is 0 Å². The van der Waals surface area contributed by atoms with Crippen LogP contribution in [0.25, 0.3) is 0 Å². The lowest BCUT2D eigenvalue weighted by atomic mass is 10.8. The van der Waals surface area contributed by atoms with Gasteiger partial charge < -0.3 is 9.94 Å². The summed E-state index contributed by atoms with van der Waals surface area (Å²) in [4.78, 5) is 0. The van der Waals surface area contributed by atoms with E-state index in [1.165, 1.54) is 7.11 Å². The van der Waals surface area contributed by atoms with Crippen molar-refractivity contribution in [2.45, 2.75) is 0 Å². The van der Waals surface area contributed by atoms with E-state index in [0.29, 0.717) is 0 Å². The molecule has 0 aromatic carbocycles. The minimum absolute atomic E-state index is 0.0579. The average Bonchev–Trinajstić information content (AvgIpc) is 1.68. The van der Waals surface area contributed by atoms with E-state index in [1.54, 1.807) is 0 Å². The highest BCUT2D eigenvalue weighted by Gasteiger charge is 1.87. The van der Waals surface area contributed by atoms with Gasteiger partial charge in [0, 0.05) is 7.11 Å². The molecule has 0 amide bonds. The first kappa shape index (κ1) is 6.72. The number of hydrogen-bond donors (Lipinski definition) is 1. The molecule has 0 fully saturated rings. The normalized spacial score (nSPS) is 12.0. The summed E-state index contributed by atoms with van der Waals surface area (Å²) in [5, 5.41) is 10.5. The molecule has 4 heteroatoms. The Hall–Kier alpha value is -0.280. The van der Waals surface area contributed by atoms with Crippen LogP contribution in [-0.2, 0) is 4.74 Å². The van der Waals surface area contributed by atoms with E-state index >= 15 is 0 Å². The van der Waals surface area contributed by atoms with E-state index in [2.05, 4.69) is 9.89 Å². The Kier molecular flexibility index (Phi) is 3.74. The number of nitrogens with zero attached hydrogens (tertiary/aromatic N) is 1. The maximum absolute atomic E-state index is 7.84. The lowest BCUT2D eigenvalue weighted by Gasteiger charge is -1.88. The molecule has 0 heterocycles. The van der Waals surface area contributed by atoms with Gasteiger partial charge >= 0.3 is 0 Å². The number of oxime groups is 1. The minimum atomic E-state index is 0.0579. The molecule has 0 bridgehead atoms. The first-order valence-corrected chi connectivity index (χ1v) is 2.04. The van der Waals surface area contributed by atoms with E-state index in [0.717, 1.165) is 0 Å². The quantitative estimate of drug-likeness (QED) is 0.333. The molecule has 0 saturated heterocycles. The van der Waals surface area contributed by atoms with Crippen molar-refractivity contribution in [3.8, 4) is 0 Å². The first-order valence-electron chi connectivity index (χ1n) is 1.66. The van der Waals surface area contributed by atoms with Gasteiger partial charge in [-0.15, -0.1) is 0 Å². The highest BCUT2D eigenvalue weighted by molar-refractivity contribution is 6.65. The molecule has 0 atom stereocenters. The van der Waals surface area contributed by atoms with Crippen molar-refractivity contribution < 1.29 is 9.94 Å². The van der Waals surface area contributed by atoms with Gasteiger partial charge in [0.25, 0.3) is 0 Å². The highest BCUT2D eigenvalue weighted by Crippen LogP contribution is 1.82. The third-order valence-corrected chi connectivity index (χ3v) is 0.557. The number of hydrogen-bond acceptors (Lipinski definition) is 3. The summed E-state index contributed by atoms with van der Waals surface area (Å²) in [7, 11) is 1.47. The predicted molar refractivity (Wildman–Crippen MR) is 27.0 cm³/mol. The predicted octanol–water partition coefficient (Wildman–Crippen LogP) is 0.659. The molecule has 0 aliphatic rings. The molecule has 7 heavy (non-hydrogen) atoms. The van der Waals surface area contributed by atoms with Crippen LogP contribution in [0.4, 0.5) is 0 Å². The topological polar surface area (TPSA) is 41.8 Å². The van der Waals surface area contributed by atoms with Crippen LogP contribution in [0.1, 0.15) is 0 Å².